The zero-order chi connectivity index (χ0) is 29.7. The summed E-state index contributed by atoms with van der Waals surface area (Å²) in [5.41, 5.74) is 9.73. The SMILES string of the molecule is c1ccc(-c2ccc(-c3cccc(N(c4ccc5sc6ccccc6c5c4)c4cccc5c4oc4ccccc45)c3)cc2)cc1. The van der Waals surface area contributed by atoms with Gasteiger partial charge in [-0.3, -0.25) is 0 Å². The van der Waals surface area contributed by atoms with Gasteiger partial charge in [-0.05, 0) is 70.8 Å². The van der Waals surface area contributed by atoms with Crippen molar-refractivity contribution in [1.29, 1.82) is 0 Å². The van der Waals surface area contributed by atoms with Crippen molar-refractivity contribution in [3.05, 3.63) is 164 Å². The van der Waals surface area contributed by atoms with Crippen LogP contribution in [0.2, 0.25) is 0 Å². The Kier molecular flexibility index (Phi) is 6.03. The summed E-state index contributed by atoms with van der Waals surface area (Å²) in [4.78, 5) is 2.35. The second-order valence-electron chi connectivity index (χ2n) is 11.4. The minimum absolute atomic E-state index is 0.881. The fourth-order valence-corrected chi connectivity index (χ4v) is 7.59. The minimum Gasteiger partial charge on any atom is -0.454 e. The van der Waals surface area contributed by atoms with Gasteiger partial charge in [0.05, 0.1) is 5.69 Å². The normalized spacial score (nSPS) is 11.6. The third-order valence-electron chi connectivity index (χ3n) is 8.67. The molecule has 9 aromatic rings. The fourth-order valence-electron chi connectivity index (χ4n) is 6.50. The first-order valence-corrected chi connectivity index (χ1v) is 16.0. The topological polar surface area (TPSA) is 16.4 Å². The van der Waals surface area contributed by atoms with Crippen molar-refractivity contribution in [2.75, 3.05) is 4.90 Å². The van der Waals surface area contributed by atoms with Crippen LogP contribution in [0.25, 0.3) is 64.4 Å². The van der Waals surface area contributed by atoms with Crippen molar-refractivity contribution in [2.24, 2.45) is 0 Å². The van der Waals surface area contributed by atoms with Gasteiger partial charge in [0.15, 0.2) is 5.58 Å². The lowest BCUT2D eigenvalue weighted by atomic mass is 9.99. The van der Waals surface area contributed by atoms with E-state index in [9.17, 15) is 0 Å². The Bertz CT molecular complexity index is 2490. The van der Waals surface area contributed by atoms with Gasteiger partial charge in [0, 0.05) is 42.3 Å². The number of thiophene rings is 1. The Morgan fingerprint density at radius 3 is 1.89 bits per heavy atom. The Labute approximate surface area is 265 Å². The molecule has 0 N–H and O–H groups in total. The molecule has 0 radical (unpaired) electrons. The molecular weight excluding hydrogens is 567 g/mol. The first-order chi connectivity index (χ1) is 22.3. The highest BCUT2D eigenvalue weighted by molar-refractivity contribution is 7.25. The Morgan fingerprint density at radius 2 is 1.02 bits per heavy atom. The smallest absolute Gasteiger partial charge is 0.159 e. The molecule has 0 atom stereocenters. The van der Waals surface area contributed by atoms with Crippen molar-refractivity contribution in [2.45, 2.75) is 0 Å². The van der Waals surface area contributed by atoms with Crippen LogP contribution in [-0.4, -0.2) is 0 Å². The number of para-hydroxylation sites is 2. The second kappa shape index (κ2) is 10.5. The number of anilines is 3. The number of furan rings is 1. The summed E-state index contributed by atoms with van der Waals surface area (Å²) in [5.74, 6) is 0. The highest BCUT2D eigenvalue weighted by Gasteiger charge is 2.20. The van der Waals surface area contributed by atoms with E-state index < -0.39 is 0 Å². The summed E-state index contributed by atoms with van der Waals surface area (Å²) < 4.78 is 9.17. The number of benzene rings is 7. The Balaban J connectivity index is 1.23. The van der Waals surface area contributed by atoms with Crippen molar-refractivity contribution in [1.82, 2.24) is 0 Å². The van der Waals surface area contributed by atoms with Crippen LogP contribution in [0.3, 0.4) is 0 Å². The summed E-state index contributed by atoms with van der Waals surface area (Å²) in [5, 5.41) is 4.79. The highest BCUT2D eigenvalue weighted by atomic mass is 32.1. The van der Waals surface area contributed by atoms with Gasteiger partial charge < -0.3 is 9.32 Å². The van der Waals surface area contributed by atoms with E-state index in [0.29, 0.717) is 0 Å². The predicted octanol–water partition coefficient (Wildman–Crippen LogP) is 12.8. The molecule has 2 aromatic heterocycles. The summed E-state index contributed by atoms with van der Waals surface area (Å²) in [6.45, 7) is 0. The third kappa shape index (κ3) is 4.40. The van der Waals surface area contributed by atoms with Crippen LogP contribution < -0.4 is 4.90 Å². The van der Waals surface area contributed by atoms with E-state index in [0.717, 1.165) is 44.6 Å². The quantitative estimate of drug-likeness (QED) is 0.197. The lowest BCUT2D eigenvalue weighted by Gasteiger charge is -2.26. The molecule has 3 heteroatoms. The molecule has 0 amide bonds. The van der Waals surface area contributed by atoms with Gasteiger partial charge in [0.2, 0.25) is 0 Å². The lowest BCUT2D eigenvalue weighted by Crippen LogP contribution is -2.10. The molecule has 9 rings (SSSR count). The third-order valence-corrected chi connectivity index (χ3v) is 9.82. The molecule has 0 aliphatic carbocycles. The number of nitrogens with zero attached hydrogens (tertiary/aromatic N) is 1. The van der Waals surface area contributed by atoms with E-state index in [1.54, 1.807) is 0 Å². The molecule has 0 bridgehead atoms. The average molecular weight is 594 g/mol. The molecule has 2 nitrogen and oxygen atoms in total. The largest absolute Gasteiger partial charge is 0.454 e. The van der Waals surface area contributed by atoms with Crippen molar-refractivity contribution in [3.63, 3.8) is 0 Å². The molecule has 0 aliphatic heterocycles. The summed E-state index contributed by atoms with van der Waals surface area (Å²) in [7, 11) is 0. The maximum Gasteiger partial charge on any atom is 0.159 e. The molecule has 0 aliphatic rings. The molecule has 212 valence electrons. The standard InChI is InChI=1S/C42H27NOS/c1-2-10-28(11-3-1)29-20-22-30(23-21-29)31-12-8-13-32(26-31)43(33-24-25-41-37(27-33)35-15-5-7-19-40(35)45-41)38-17-9-16-36-34-14-4-6-18-39(34)44-42(36)38/h1-27H. The van der Waals surface area contributed by atoms with E-state index >= 15 is 0 Å². The summed E-state index contributed by atoms with van der Waals surface area (Å²) in [6.07, 6.45) is 0. The maximum atomic E-state index is 6.58. The van der Waals surface area contributed by atoms with Crippen LogP contribution in [0, 0.1) is 0 Å². The van der Waals surface area contributed by atoms with Gasteiger partial charge in [-0.1, -0.05) is 115 Å². The van der Waals surface area contributed by atoms with E-state index in [-0.39, 0.29) is 0 Å². The van der Waals surface area contributed by atoms with Crippen LogP contribution in [0.15, 0.2) is 168 Å². The van der Waals surface area contributed by atoms with Gasteiger partial charge >= 0.3 is 0 Å². The highest BCUT2D eigenvalue weighted by Crippen LogP contribution is 2.45. The molecule has 7 aromatic carbocycles. The molecule has 0 unspecified atom stereocenters. The number of fused-ring (bicyclic) bond motifs is 6. The predicted molar refractivity (Wildman–Crippen MR) is 192 cm³/mol. The van der Waals surface area contributed by atoms with E-state index in [4.69, 9.17) is 4.42 Å². The fraction of sp³-hybridized carbons (Fsp3) is 0. The zero-order valence-electron chi connectivity index (χ0n) is 24.4. The molecule has 0 spiro atoms. The van der Waals surface area contributed by atoms with Crippen molar-refractivity contribution < 1.29 is 4.42 Å². The molecule has 2 heterocycles. The number of hydrogen-bond donors (Lipinski definition) is 0. The summed E-state index contributed by atoms with van der Waals surface area (Å²) >= 11 is 1.84. The number of rotatable bonds is 5. The van der Waals surface area contributed by atoms with E-state index in [2.05, 4.69) is 157 Å². The first kappa shape index (κ1) is 25.8. The number of hydrogen-bond acceptors (Lipinski definition) is 3. The van der Waals surface area contributed by atoms with Crippen LogP contribution in [0.1, 0.15) is 0 Å². The average Bonchev–Trinajstić information content (AvgIpc) is 3.68. The molecule has 0 saturated heterocycles. The van der Waals surface area contributed by atoms with Gasteiger partial charge in [0.1, 0.15) is 5.58 Å². The van der Waals surface area contributed by atoms with Crippen LogP contribution in [0.5, 0.6) is 0 Å². The Morgan fingerprint density at radius 1 is 0.400 bits per heavy atom. The van der Waals surface area contributed by atoms with Gasteiger partial charge in [0.25, 0.3) is 0 Å². The molecule has 45 heavy (non-hydrogen) atoms. The molecule has 0 fully saturated rings. The van der Waals surface area contributed by atoms with E-state index in [1.165, 1.54) is 36.9 Å². The monoisotopic (exact) mass is 593 g/mol. The molecule has 0 saturated carbocycles. The molecular formula is C42H27NOS. The second-order valence-corrected chi connectivity index (χ2v) is 12.4. The van der Waals surface area contributed by atoms with Crippen LogP contribution in [-0.2, 0) is 0 Å². The van der Waals surface area contributed by atoms with Gasteiger partial charge in [-0.15, -0.1) is 11.3 Å². The first-order valence-electron chi connectivity index (χ1n) is 15.2. The Hall–Kier alpha value is -5.64. The summed E-state index contributed by atoms with van der Waals surface area (Å²) in [6, 6.07) is 58.5. The van der Waals surface area contributed by atoms with Crippen LogP contribution in [0.4, 0.5) is 17.1 Å². The minimum atomic E-state index is 0.881. The van der Waals surface area contributed by atoms with Gasteiger partial charge in [-0.2, -0.15) is 0 Å². The zero-order valence-corrected chi connectivity index (χ0v) is 25.2. The maximum absolute atomic E-state index is 6.58. The lowest BCUT2D eigenvalue weighted by molar-refractivity contribution is 0.669. The van der Waals surface area contributed by atoms with E-state index in [1.807, 2.05) is 23.5 Å². The van der Waals surface area contributed by atoms with Crippen molar-refractivity contribution >= 4 is 70.5 Å². The van der Waals surface area contributed by atoms with Gasteiger partial charge in [-0.25, -0.2) is 0 Å². The van der Waals surface area contributed by atoms with Crippen molar-refractivity contribution in [3.8, 4) is 22.3 Å². The van der Waals surface area contributed by atoms with Crippen LogP contribution >= 0.6 is 11.3 Å².